The van der Waals surface area contributed by atoms with Gasteiger partial charge in [0.1, 0.15) is 0 Å². The van der Waals surface area contributed by atoms with Crippen molar-refractivity contribution in [1.82, 2.24) is 4.90 Å². The van der Waals surface area contributed by atoms with Crippen LogP contribution < -0.4 is 0 Å². The molecule has 4 heteroatoms. The number of hydrogen-bond acceptors (Lipinski definition) is 3. The van der Waals surface area contributed by atoms with Crippen molar-refractivity contribution in [3.63, 3.8) is 0 Å². The number of halogens is 1. The number of benzene rings is 1. The minimum absolute atomic E-state index is 0.155. The second-order valence-electron chi connectivity index (χ2n) is 9.13. The van der Waals surface area contributed by atoms with Crippen LogP contribution in [0.1, 0.15) is 44.1 Å². The monoisotopic (exact) mass is 417 g/mol. The first-order valence-corrected chi connectivity index (χ1v) is 11.4. The van der Waals surface area contributed by atoms with E-state index in [1.165, 1.54) is 32.2 Å². The summed E-state index contributed by atoms with van der Waals surface area (Å²) in [6, 6.07) is 7.60. The van der Waals surface area contributed by atoms with Crippen LogP contribution in [0.25, 0.3) is 0 Å². The van der Waals surface area contributed by atoms with Gasteiger partial charge in [-0.1, -0.05) is 54.0 Å². The molecular formula is C25H36ClNO2. The minimum Gasteiger partial charge on any atom is -0.392 e. The zero-order chi connectivity index (χ0) is 20.8. The van der Waals surface area contributed by atoms with Crippen molar-refractivity contribution in [2.24, 2.45) is 17.8 Å². The number of unbranched alkanes of at least 4 members (excludes halogenated alkanes) is 2. The molecule has 0 aliphatic heterocycles. The number of aliphatic hydroxyl groups excluding tert-OH is 2. The number of rotatable bonds is 10. The Hall–Kier alpha value is -1.13. The van der Waals surface area contributed by atoms with Crippen LogP contribution in [0.3, 0.4) is 0 Å². The summed E-state index contributed by atoms with van der Waals surface area (Å²) in [4.78, 5) is 2.25. The van der Waals surface area contributed by atoms with E-state index in [-0.39, 0.29) is 12.0 Å². The van der Waals surface area contributed by atoms with Gasteiger partial charge in [0.25, 0.3) is 0 Å². The molecule has 3 nitrogen and oxygen atoms in total. The average molecular weight is 418 g/mol. The van der Waals surface area contributed by atoms with Crippen LogP contribution in [0.2, 0.25) is 5.02 Å². The third kappa shape index (κ3) is 6.68. The van der Waals surface area contributed by atoms with E-state index < -0.39 is 6.10 Å². The van der Waals surface area contributed by atoms with E-state index in [2.05, 4.69) is 31.1 Å². The van der Waals surface area contributed by atoms with Crippen molar-refractivity contribution in [3.8, 4) is 0 Å². The van der Waals surface area contributed by atoms with Crippen LogP contribution in [0.15, 0.2) is 48.1 Å². The largest absolute Gasteiger partial charge is 0.392 e. The van der Waals surface area contributed by atoms with Gasteiger partial charge in [0.05, 0.1) is 12.2 Å². The van der Waals surface area contributed by atoms with Crippen molar-refractivity contribution in [2.75, 3.05) is 20.6 Å². The van der Waals surface area contributed by atoms with Gasteiger partial charge in [0.15, 0.2) is 0 Å². The smallest absolute Gasteiger partial charge is 0.0761 e. The highest BCUT2D eigenvalue weighted by Gasteiger charge is 2.43. The van der Waals surface area contributed by atoms with Crippen LogP contribution in [0, 0.1) is 17.8 Å². The van der Waals surface area contributed by atoms with Crippen molar-refractivity contribution in [3.05, 3.63) is 58.7 Å². The summed E-state index contributed by atoms with van der Waals surface area (Å²) in [6.07, 6.45) is 13.1. The van der Waals surface area contributed by atoms with Crippen LogP contribution in [0.5, 0.6) is 0 Å². The standard InChI is InChI=1S/C25H36ClNO2/c1-27(2)13-5-3-4-6-19-14-20-17-25(29)23(24(20)16-19)12-11-22(28)15-18-7-9-21(26)10-8-18/h7-12,14,20,22-25,28-29H,3-6,13,15-17H2,1-2H3/b12-11+/t20-,22-,23+,24-,25+/m0/s1. The van der Waals surface area contributed by atoms with Crippen molar-refractivity contribution in [2.45, 2.75) is 57.2 Å². The molecule has 1 fully saturated rings. The van der Waals surface area contributed by atoms with Gasteiger partial charge in [-0.05, 0) is 82.3 Å². The Kier molecular flexibility index (Phi) is 8.37. The highest BCUT2D eigenvalue weighted by Crippen LogP contribution is 2.48. The van der Waals surface area contributed by atoms with Crippen molar-refractivity contribution >= 4 is 11.6 Å². The summed E-state index contributed by atoms with van der Waals surface area (Å²) >= 11 is 5.92. The van der Waals surface area contributed by atoms with E-state index >= 15 is 0 Å². The molecule has 160 valence electrons. The Balaban J connectivity index is 1.46. The van der Waals surface area contributed by atoms with E-state index in [1.807, 2.05) is 30.3 Å². The molecule has 3 rings (SSSR count). The third-order valence-electron chi connectivity index (χ3n) is 6.47. The topological polar surface area (TPSA) is 43.7 Å². The van der Waals surface area contributed by atoms with Gasteiger partial charge >= 0.3 is 0 Å². The summed E-state index contributed by atoms with van der Waals surface area (Å²) in [6.45, 7) is 1.17. The zero-order valence-corrected chi connectivity index (χ0v) is 18.6. The highest BCUT2D eigenvalue weighted by atomic mass is 35.5. The second kappa shape index (κ2) is 10.8. The molecule has 2 aliphatic carbocycles. The average Bonchev–Trinajstić information content (AvgIpc) is 3.18. The fraction of sp³-hybridized carbons (Fsp3) is 0.600. The Morgan fingerprint density at radius 3 is 2.66 bits per heavy atom. The summed E-state index contributed by atoms with van der Waals surface area (Å²) in [5, 5.41) is 21.6. The number of fused-ring (bicyclic) bond motifs is 1. The number of aliphatic hydroxyl groups is 2. The van der Waals surface area contributed by atoms with Gasteiger partial charge in [-0.25, -0.2) is 0 Å². The van der Waals surface area contributed by atoms with Crippen LogP contribution in [-0.4, -0.2) is 48.0 Å². The molecule has 1 aromatic carbocycles. The molecule has 29 heavy (non-hydrogen) atoms. The van der Waals surface area contributed by atoms with Gasteiger partial charge < -0.3 is 15.1 Å². The first kappa shape index (κ1) is 22.6. The second-order valence-corrected chi connectivity index (χ2v) is 9.57. The molecule has 1 saturated carbocycles. The Bertz CT molecular complexity index is 697. The number of hydrogen-bond donors (Lipinski definition) is 2. The zero-order valence-electron chi connectivity index (χ0n) is 17.8. The normalized spacial score (nSPS) is 27.6. The summed E-state index contributed by atoms with van der Waals surface area (Å²) < 4.78 is 0. The van der Waals surface area contributed by atoms with Gasteiger partial charge in [0.2, 0.25) is 0 Å². The molecule has 0 radical (unpaired) electrons. The summed E-state index contributed by atoms with van der Waals surface area (Å²) in [5.74, 6) is 1.16. The first-order chi connectivity index (χ1) is 13.9. The maximum Gasteiger partial charge on any atom is 0.0761 e. The molecule has 0 bridgehead atoms. The quantitative estimate of drug-likeness (QED) is 0.421. The molecule has 2 N–H and O–H groups in total. The lowest BCUT2D eigenvalue weighted by molar-refractivity contribution is 0.140. The predicted molar refractivity (Wildman–Crippen MR) is 121 cm³/mol. The first-order valence-electron chi connectivity index (χ1n) is 11.1. The molecule has 0 amide bonds. The fourth-order valence-electron chi connectivity index (χ4n) is 4.93. The van der Waals surface area contributed by atoms with Gasteiger partial charge in [0, 0.05) is 17.4 Å². The van der Waals surface area contributed by atoms with Gasteiger partial charge in [-0.15, -0.1) is 0 Å². The van der Waals surface area contributed by atoms with Crippen LogP contribution >= 0.6 is 11.6 Å². The Morgan fingerprint density at radius 1 is 1.17 bits per heavy atom. The number of allylic oxidation sites excluding steroid dienone is 2. The fourth-order valence-corrected chi connectivity index (χ4v) is 5.06. The molecule has 5 atom stereocenters. The predicted octanol–water partition coefficient (Wildman–Crippen LogP) is 4.86. The summed E-state index contributed by atoms with van der Waals surface area (Å²) in [7, 11) is 4.26. The maximum absolute atomic E-state index is 10.5. The molecule has 0 aromatic heterocycles. The maximum atomic E-state index is 10.5. The molecule has 1 aromatic rings. The van der Waals surface area contributed by atoms with E-state index in [0.29, 0.717) is 23.3 Å². The lowest BCUT2D eigenvalue weighted by atomic mass is 9.88. The third-order valence-corrected chi connectivity index (χ3v) is 6.72. The molecule has 0 saturated heterocycles. The van der Waals surface area contributed by atoms with E-state index in [4.69, 9.17) is 11.6 Å². The van der Waals surface area contributed by atoms with E-state index in [1.54, 1.807) is 5.57 Å². The van der Waals surface area contributed by atoms with E-state index in [9.17, 15) is 10.2 Å². The van der Waals surface area contributed by atoms with Crippen LogP contribution in [-0.2, 0) is 6.42 Å². The van der Waals surface area contributed by atoms with Crippen molar-refractivity contribution < 1.29 is 10.2 Å². The van der Waals surface area contributed by atoms with Gasteiger partial charge in [-0.3, -0.25) is 0 Å². The molecular weight excluding hydrogens is 382 g/mol. The highest BCUT2D eigenvalue weighted by molar-refractivity contribution is 6.30. The summed E-state index contributed by atoms with van der Waals surface area (Å²) in [5.41, 5.74) is 2.65. The lowest BCUT2D eigenvalue weighted by Crippen LogP contribution is -2.18. The SMILES string of the molecule is CN(C)CCCCCC1=C[C@H]2C[C@@H](O)[C@H](/C=C/[C@H](O)Cc3ccc(Cl)cc3)[C@H]2C1. The Labute approximate surface area is 181 Å². The van der Waals surface area contributed by atoms with Crippen LogP contribution in [0.4, 0.5) is 0 Å². The molecule has 0 heterocycles. The molecule has 2 aliphatic rings. The lowest BCUT2D eigenvalue weighted by Gasteiger charge is -2.19. The van der Waals surface area contributed by atoms with E-state index in [0.717, 1.165) is 18.4 Å². The Morgan fingerprint density at radius 2 is 1.93 bits per heavy atom. The van der Waals surface area contributed by atoms with Crippen molar-refractivity contribution in [1.29, 1.82) is 0 Å². The van der Waals surface area contributed by atoms with Gasteiger partial charge in [-0.2, -0.15) is 0 Å². The molecule has 0 spiro atoms. The minimum atomic E-state index is -0.534. The molecule has 0 unspecified atom stereocenters. The number of nitrogens with zero attached hydrogens (tertiary/aromatic N) is 1.